The fourth-order valence-electron chi connectivity index (χ4n) is 1.77. The zero-order valence-electron chi connectivity index (χ0n) is 11.3. The van der Waals surface area contributed by atoms with E-state index >= 15 is 0 Å². The van der Waals surface area contributed by atoms with Crippen molar-refractivity contribution in [3.05, 3.63) is 52.0 Å². The molecule has 0 N–H and O–H groups in total. The number of carbonyl (C=O) groups excluding carboxylic acids is 1. The van der Waals surface area contributed by atoms with Crippen molar-refractivity contribution >= 4 is 37.5 Å². The number of benzene rings is 1. The van der Waals surface area contributed by atoms with E-state index in [9.17, 15) is 13.2 Å². The van der Waals surface area contributed by atoms with Gasteiger partial charge in [-0.3, -0.25) is 9.08 Å². The van der Waals surface area contributed by atoms with Crippen molar-refractivity contribution in [3.8, 4) is 0 Å². The van der Waals surface area contributed by atoms with Gasteiger partial charge in [0.1, 0.15) is 10.6 Å². The Kier molecular flexibility index (Phi) is 4.43. The lowest BCUT2D eigenvalue weighted by molar-refractivity contribution is -0.110. The minimum absolute atomic E-state index is 0.0172. The molecule has 0 aliphatic heterocycles. The van der Waals surface area contributed by atoms with Crippen LogP contribution in [0.15, 0.2) is 62.1 Å². The summed E-state index contributed by atoms with van der Waals surface area (Å²) in [4.78, 5) is 11.6. The number of rotatable bonds is 3. The second-order valence-electron chi connectivity index (χ2n) is 4.41. The number of halogens is 1. The van der Waals surface area contributed by atoms with Crippen molar-refractivity contribution < 1.29 is 17.5 Å². The van der Waals surface area contributed by atoms with Gasteiger partial charge in [-0.1, -0.05) is 23.4 Å². The summed E-state index contributed by atoms with van der Waals surface area (Å²) in [5.74, 6) is -0.185. The number of allylic oxidation sites excluding steroid dienone is 4. The minimum Gasteiger partial charge on any atom is -0.289 e. The molecule has 0 saturated heterocycles. The molecule has 2 rings (SSSR count). The maximum Gasteiger partial charge on any atom is 0.358 e. The number of hydrogen-bond donors (Lipinski definition) is 0. The SMILES string of the molecule is CC1=CC(=O)C(Br)=C(C)C1=NOS(=O)(=O)c1ccccc1. The lowest BCUT2D eigenvalue weighted by atomic mass is 9.98. The van der Waals surface area contributed by atoms with Crippen LogP contribution in [0, 0.1) is 0 Å². The van der Waals surface area contributed by atoms with Crippen LogP contribution in [0.25, 0.3) is 0 Å². The van der Waals surface area contributed by atoms with Crippen LogP contribution in [0.1, 0.15) is 13.8 Å². The molecule has 0 unspecified atom stereocenters. The third-order valence-corrected chi connectivity index (χ3v) is 4.99. The molecule has 7 heteroatoms. The Hall–Kier alpha value is -1.73. The molecule has 0 amide bonds. The van der Waals surface area contributed by atoms with Crippen LogP contribution in [0.2, 0.25) is 0 Å². The Bertz CT molecular complexity index is 776. The summed E-state index contributed by atoms with van der Waals surface area (Å²) in [5, 5.41) is 3.70. The molecule has 1 aromatic rings. The third-order valence-electron chi connectivity index (χ3n) is 2.88. The predicted molar refractivity (Wildman–Crippen MR) is 82.5 cm³/mol. The average Bonchev–Trinajstić information content (AvgIpc) is 2.45. The summed E-state index contributed by atoms with van der Waals surface area (Å²) in [7, 11) is -3.98. The van der Waals surface area contributed by atoms with Crippen LogP contribution in [-0.2, 0) is 19.2 Å². The van der Waals surface area contributed by atoms with Crippen molar-refractivity contribution in [2.24, 2.45) is 5.16 Å². The first-order chi connectivity index (χ1) is 9.83. The second-order valence-corrected chi connectivity index (χ2v) is 6.73. The predicted octanol–water partition coefficient (Wildman–Crippen LogP) is 2.95. The van der Waals surface area contributed by atoms with Gasteiger partial charge in [0.15, 0.2) is 5.78 Å². The summed E-state index contributed by atoms with van der Waals surface area (Å²) in [5.41, 5.74) is 1.40. The number of ketones is 1. The smallest absolute Gasteiger partial charge is 0.289 e. The summed E-state index contributed by atoms with van der Waals surface area (Å²) >= 11 is 3.15. The zero-order chi connectivity index (χ0) is 15.6. The normalized spacial score (nSPS) is 18.0. The summed E-state index contributed by atoms with van der Waals surface area (Å²) in [6.45, 7) is 3.33. The van der Waals surface area contributed by atoms with Gasteiger partial charge in [0.25, 0.3) is 0 Å². The van der Waals surface area contributed by atoms with E-state index in [0.29, 0.717) is 21.3 Å². The molecule has 0 fully saturated rings. The molecule has 21 heavy (non-hydrogen) atoms. The standard InChI is InChI=1S/C14H12BrNO4S/c1-9-8-12(17)13(15)10(2)14(9)16-20-21(18,19)11-6-4-3-5-7-11/h3-8H,1-2H3. The van der Waals surface area contributed by atoms with Gasteiger partial charge in [-0.05, 0) is 59.1 Å². The van der Waals surface area contributed by atoms with Crippen LogP contribution in [0.5, 0.6) is 0 Å². The van der Waals surface area contributed by atoms with Crippen LogP contribution < -0.4 is 0 Å². The van der Waals surface area contributed by atoms with Crippen LogP contribution in [0.3, 0.4) is 0 Å². The molecule has 0 heterocycles. The fourth-order valence-corrected chi connectivity index (χ4v) is 2.82. The van der Waals surface area contributed by atoms with E-state index in [0.717, 1.165) is 0 Å². The molecule has 1 aliphatic rings. The van der Waals surface area contributed by atoms with E-state index in [1.54, 1.807) is 32.0 Å². The van der Waals surface area contributed by atoms with Crippen LogP contribution in [0.4, 0.5) is 0 Å². The van der Waals surface area contributed by atoms with Gasteiger partial charge < -0.3 is 0 Å². The Morgan fingerprint density at radius 2 is 1.76 bits per heavy atom. The molecule has 0 saturated carbocycles. The molecule has 0 aromatic heterocycles. The topological polar surface area (TPSA) is 72.8 Å². The molecule has 0 bridgehead atoms. The highest BCUT2D eigenvalue weighted by atomic mass is 79.9. The maximum atomic E-state index is 12.0. The van der Waals surface area contributed by atoms with Crippen molar-refractivity contribution in [2.75, 3.05) is 0 Å². The number of nitrogens with zero attached hydrogens (tertiary/aromatic N) is 1. The summed E-state index contributed by atoms with van der Waals surface area (Å²) in [6, 6.07) is 7.72. The Morgan fingerprint density at radius 3 is 2.38 bits per heavy atom. The Balaban J connectivity index is 2.34. The molecular formula is C14H12BrNO4S. The fraction of sp³-hybridized carbons (Fsp3) is 0.143. The molecule has 1 aromatic carbocycles. The van der Waals surface area contributed by atoms with Gasteiger partial charge in [-0.15, -0.1) is 0 Å². The summed E-state index contributed by atoms with van der Waals surface area (Å²) < 4.78 is 29.1. The van der Waals surface area contributed by atoms with Crippen LogP contribution >= 0.6 is 15.9 Å². The number of oxime groups is 1. The second kappa shape index (κ2) is 5.95. The lowest BCUT2D eigenvalue weighted by Crippen LogP contribution is -2.15. The average molecular weight is 370 g/mol. The third kappa shape index (κ3) is 3.30. The molecule has 110 valence electrons. The molecule has 0 spiro atoms. The monoisotopic (exact) mass is 369 g/mol. The van der Waals surface area contributed by atoms with Gasteiger partial charge in [-0.25, -0.2) is 0 Å². The molecule has 0 radical (unpaired) electrons. The van der Waals surface area contributed by atoms with Crippen molar-refractivity contribution in [1.29, 1.82) is 0 Å². The van der Waals surface area contributed by atoms with Gasteiger partial charge in [0, 0.05) is 0 Å². The van der Waals surface area contributed by atoms with Gasteiger partial charge in [-0.2, -0.15) is 8.42 Å². The van der Waals surface area contributed by atoms with E-state index in [1.165, 1.54) is 18.2 Å². The largest absolute Gasteiger partial charge is 0.358 e. The highest BCUT2D eigenvalue weighted by molar-refractivity contribution is 9.12. The first-order valence-electron chi connectivity index (χ1n) is 5.99. The van der Waals surface area contributed by atoms with Crippen molar-refractivity contribution in [2.45, 2.75) is 18.7 Å². The number of carbonyl (C=O) groups is 1. The van der Waals surface area contributed by atoms with E-state index in [4.69, 9.17) is 4.28 Å². The Morgan fingerprint density at radius 1 is 1.14 bits per heavy atom. The summed E-state index contributed by atoms with van der Waals surface area (Å²) in [6.07, 6.45) is 1.37. The first kappa shape index (κ1) is 15.7. The molecule has 1 aliphatic carbocycles. The van der Waals surface area contributed by atoms with Gasteiger partial charge in [0.05, 0.1) is 4.48 Å². The maximum absolute atomic E-state index is 12.0. The highest BCUT2D eigenvalue weighted by Gasteiger charge is 2.22. The number of hydrogen-bond acceptors (Lipinski definition) is 5. The first-order valence-corrected chi connectivity index (χ1v) is 8.19. The minimum atomic E-state index is -3.98. The Labute approximate surface area is 131 Å². The lowest BCUT2D eigenvalue weighted by Gasteiger charge is -2.13. The van der Waals surface area contributed by atoms with Crippen LogP contribution in [-0.4, -0.2) is 19.9 Å². The molecule has 5 nitrogen and oxygen atoms in total. The molecular weight excluding hydrogens is 358 g/mol. The van der Waals surface area contributed by atoms with Crippen molar-refractivity contribution in [1.82, 2.24) is 0 Å². The van der Waals surface area contributed by atoms with Gasteiger partial charge in [0.2, 0.25) is 0 Å². The molecule has 0 atom stereocenters. The van der Waals surface area contributed by atoms with E-state index < -0.39 is 10.1 Å². The highest BCUT2D eigenvalue weighted by Crippen LogP contribution is 2.24. The van der Waals surface area contributed by atoms with E-state index in [1.807, 2.05) is 0 Å². The van der Waals surface area contributed by atoms with E-state index in [-0.39, 0.29) is 10.7 Å². The quantitative estimate of drug-likeness (QED) is 0.606. The zero-order valence-corrected chi connectivity index (χ0v) is 13.7. The van der Waals surface area contributed by atoms with Gasteiger partial charge >= 0.3 is 10.1 Å². The van der Waals surface area contributed by atoms with E-state index in [2.05, 4.69) is 21.1 Å². The van der Waals surface area contributed by atoms with Crippen molar-refractivity contribution in [3.63, 3.8) is 0 Å².